The van der Waals surface area contributed by atoms with E-state index in [9.17, 15) is 0 Å². The lowest BCUT2D eigenvalue weighted by molar-refractivity contribution is 0.760. The van der Waals surface area contributed by atoms with E-state index in [2.05, 4.69) is 56.7 Å². The number of allylic oxidation sites excluding steroid dienone is 1. The first-order valence-corrected chi connectivity index (χ1v) is 6.34. The van der Waals surface area contributed by atoms with Gasteiger partial charge in [0.05, 0.1) is 3.39 Å². The summed E-state index contributed by atoms with van der Waals surface area (Å²) in [5, 5.41) is 0. The fourth-order valence-electron chi connectivity index (χ4n) is 1.11. The third-order valence-electron chi connectivity index (χ3n) is 1.84. The quantitative estimate of drug-likeness (QED) is 0.691. The van der Waals surface area contributed by atoms with Gasteiger partial charge in [0.15, 0.2) is 0 Å². The topological polar surface area (TPSA) is 0 Å². The monoisotopic (exact) mass is 326 g/mol. The lowest BCUT2D eigenvalue weighted by Crippen LogP contribution is -1.86. The van der Waals surface area contributed by atoms with Crippen LogP contribution in [0.5, 0.6) is 0 Å². The van der Waals surface area contributed by atoms with Crippen molar-refractivity contribution in [2.45, 2.75) is 13.3 Å². The summed E-state index contributed by atoms with van der Waals surface area (Å²) in [5.41, 5.74) is 1.08. The summed E-state index contributed by atoms with van der Waals surface area (Å²) in [4.78, 5) is 0. The van der Waals surface area contributed by atoms with Gasteiger partial charge in [0.25, 0.3) is 0 Å². The van der Waals surface area contributed by atoms with E-state index in [0.717, 1.165) is 15.4 Å². The van der Waals surface area contributed by atoms with E-state index in [1.165, 1.54) is 0 Å². The van der Waals surface area contributed by atoms with Gasteiger partial charge in [-0.25, -0.2) is 0 Å². The van der Waals surface area contributed by atoms with Crippen LogP contribution in [-0.2, 0) is 0 Å². The van der Waals surface area contributed by atoms with Gasteiger partial charge in [0.1, 0.15) is 0 Å². The molecule has 0 fully saturated rings. The van der Waals surface area contributed by atoms with Crippen LogP contribution in [0, 0.1) is 17.8 Å². The molecule has 0 aliphatic rings. The molecule has 0 amide bonds. The highest BCUT2D eigenvalue weighted by molar-refractivity contribution is 9.28. The molecule has 0 aromatic heterocycles. The Hall–Kier alpha value is -0.520. The van der Waals surface area contributed by atoms with E-state index in [1.807, 2.05) is 30.3 Å². The molecule has 0 heterocycles. The highest BCUT2D eigenvalue weighted by atomic mass is 79.9. The predicted octanol–water partition coefficient (Wildman–Crippen LogP) is 4.70. The van der Waals surface area contributed by atoms with Gasteiger partial charge >= 0.3 is 0 Å². The second kappa shape index (κ2) is 6.87. The number of hydrogen-bond acceptors (Lipinski definition) is 0. The zero-order chi connectivity index (χ0) is 11.1. The first kappa shape index (κ1) is 12.5. The Balaban J connectivity index is 2.51. The van der Waals surface area contributed by atoms with Crippen molar-refractivity contribution in [3.63, 3.8) is 0 Å². The maximum Gasteiger partial charge on any atom is 0.0567 e. The van der Waals surface area contributed by atoms with Gasteiger partial charge in [-0.1, -0.05) is 43.0 Å². The van der Waals surface area contributed by atoms with Crippen LogP contribution < -0.4 is 0 Å². The zero-order valence-electron chi connectivity index (χ0n) is 8.50. The van der Waals surface area contributed by atoms with Crippen LogP contribution in [0.1, 0.15) is 18.9 Å². The van der Waals surface area contributed by atoms with Crippen molar-refractivity contribution in [2.24, 2.45) is 5.92 Å². The van der Waals surface area contributed by atoms with Crippen LogP contribution in [0.2, 0.25) is 0 Å². The minimum absolute atomic E-state index is 0.454. The summed E-state index contributed by atoms with van der Waals surface area (Å²) in [6.45, 7) is 2.14. The van der Waals surface area contributed by atoms with E-state index >= 15 is 0 Å². The predicted molar refractivity (Wildman–Crippen MR) is 73.0 cm³/mol. The number of benzene rings is 1. The van der Waals surface area contributed by atoms with E-state index in [1.54, 1.807) is 0 Å². The molecule has 0 saturated heterocycles. The Bertz CT molecular complexity index is 378. The van der Waals surface area contributed by atoms with Crippen molar-refractivity contribution in [1.29, 1.82) is 0 Å². The molecule has 0 saturated carbocycles. The van der Waals surface area contributed by atoms with Crippen molar-refractivity contribution in [3.05, 3.63) is 45.4 Å². The molecule has 0 N–H and O–H groups in total. The summed E-state index contributed by atoms with van der Waals surface area (Å²) in [6, 6.07) is 10.0. The van der Waals surface area contributed by atoms with Crippen LogP contribution in [0.15, 0.2) is 39.8 Å². The van der Waals surface area contributed by atoms with Gasteiger partial charge in [-0.3, -0.25) is 0 Å². The highest BCUT2D eigenvalue weighted by Crippen LogP contribution is 2.17. The minimum Gasteiger partial charge on any atom is -0.0973 e. The zero-order valence-corrected chi connectivity index (χ0v) is 11.7. The summed E-state index contributed by atoms with van der Waals surface area (Å²) >= 11 is 6.68. The van der Waals surface area contributed by atoms with Crippen molar-refractivity contribution in [2.75, 3.05) is 0 Å². The van der Waals surface area contributed by atoms with Gasteiger partial charge in [-0.05, 0) is 49.9 Å². The smallest absolute Gasteiger partial charge is 0.0567 e. The van der Waals surface area contributed by atoms with Gasteiger partial charge in [0, 0.05) is 12.0 Å². The number of rotatable bonds is 2. The maximum atomic E-state index is 3.34. The molecule has 1 aromatic rings. The lowest BCUT2D eigenvalue weighted by atomic mass is 10.1. The molecule has 0 spiro atoms. The third-order valence-corrected chi connectivity index (χ3v) is 2.37. The van der Waals surface area contributed by atoms with Gasteiger partial charge < -0.3 is 0 Å². The third kappa shape index (κ3) is 5.81. The van der Waals surface area contributed by atoms with E-state index < -0.39 is 0 Å². The van der Waals surface area contributed by atoms with E-state index in [0.29, 0.717) is 5.92 Å². The molecule has 1 atom stereocenters. The fourth-order valence-corrected chi connectivity index (χ4v) is 2.01. The second-order valence-electron chi connectivity index (χ2n) is 3.31. The molecule has 0 radical (unpaired) electrons. The Kier molecular flexibility index (Phi) is 5.75. The first-order chi connectivity index (χ1) is 7.18. The lowest BCUT2D eigenvalue weighted by Gasteiger charge is -1.98. The van der Waals surface area contributed by atoms with Crippen molar-refractivity contribution in [1.82, 2.24) is 0 Å². The van der Waals surface area contributed by atoms with Crippen molar-refractivity contribution < 1.29 is 0 Å². The SMILES string of the molecule is C[C@@H](C=C(Br)Br)CC#Cc1ccccc1. The van der Waals surface area contributed by atoms with Crippen molar-refractivity contribution >= 4 is 31.9 Å². The normalized spacial score (nSPS) is 11.1. The number of halogens is 2. The average molecular weight is 328 g/mol. The summed E-state index contributed by atoms with van der Waals surface area (Å²) in [6.07, 6.45) is 2.97. The molecule has 2 heteroatoms. The Morgan fingerprint density at radius 3 is 2.60 bits per heavy atom. The van der Waals surface area contributed by atoms with Crippen LogP contribution >= 0.6 is 31.9 Å². The van der Waals surface area contributed by atoms with E-state index in [4.69, 9.17) is 0 Å². The second-order valence-corrected chi connectivity index (χ2v) is 6.08. The van der Waals surface area contributed by atoms with Gasteiger partial charge in [0.2, 0.25) is 0 Å². The van der Waals surface area contributed by atoms with Crippen LogP contribution in [0.25, 0.3) is 0 Å². The van der Waals surface area contributed by atoms with Crippen molar-refractivity contribution in [3.8, 4) is 11.8 Å². The average Bonchev–Trinajstić information content (AvgIpc) is 2.18. The number of hydrogen-bond donors (Lipinski definition) is 0. The standard InChI is InChI=1S/C13H12Br2/c1-11(10-13(14)15)6-5-9-12-7-3-2-4-8-12/h2-4,7-8,10-11H,6H2,1H3/t11-/m1/s1. The largest absolute Gasteiger partial charge is 0.0973 e. The molecular formula is C13H12Br2. The molecule has 0 bridgehead atoms. The van der Waals surface area contributed by atoms with Gasteiger partial charge in [-0.15, -0.1) is 0 Å². The first-order valence-electron chi connectivity index (χ1n) is 4.75. The maximum absolute atomic E-state index is 3.34. The summed E-state index contributed by atoms with van der Waals surface area (Å²) in [5.74, 6) is 6.76. The molecular weight excluding hydrogens is 316 g/mol. The molecule has 1 aromatic carbocycles. The molecule has 0 aliphatic carbocycles. The molecule has 15 heavy (non-hydrogen) atoms. The van der Waals surface area contributed by atoms with Crippen LogP contribution in [-0.4, -0.2) is 0 Å². The van der Waals surface area contributed by atoms with Crippen LogP contribution in [0.3, 0.4) is 0 Å². The fraction of sp³-hybridized carbons (Fsp3) is 0.231. The van der Waals surface area contributed by atoms with Gasteiger partial charge in [-0.2, -0.15) is 0 Å². The summed E-state index contributed by atoms with van der Waals surface area (Å²) < 4.78 is 0.990. The Morgan fingerprint density at radius 2 is 2.00 bits per heavy atom. The Labute approximate surface area is 108 Å². The molecule has 0 aliphatic heterocycles. The molecule has 78 valence electrons. The molecule has 0 unspecified atom stereocenters. The van der Waals surface area contributed by atoms with E-state index in [-0.39, 0.29) is 0 Å². The highest BCUT2D eigenvalue weighted by Gasteiger charge is 1.94. The Morgan fingerprint density at radius 1 is 1.33 bits per heavy atom. The minimum atomic E-state index is 0.454. The summed E-state index contributed by atoms with van der Waals surface area (Å²) in [7, 11) is 0. The van der Waals surface area contributed by atoms with Crippen LogP contribution in [0.4, 0.5) is 0 Å². The molecule has 1 rings (SSSR count). The molecule has 0 nitrogen and oxygen atoms in total.